The third-order valence-electron chi connectivity index (χ3n) is 3.05. The number of para-hydroxylation sites is 1. The van der Waals surface area contributed by atoms with Gasteiger partial charge in [0.2, 0.25) is 0 Å². The molecule has 5 heteroatoms. The molecule has 0 radical (unpaired) electrons. The van der Waals surface area contributed by atoms with Gasteiger partial charge in [0.15, 0.2) is 0 Å². The van der Waals surface area contributed by atoms with Gasteiger partial charge in [-0.2, -0.15) is 0 Å². The van der Waals surface area contributed by atoms with Crippen LogP contribution in [0.1, 0.15) is 41.5 Å². The zero-order valence-electron chi connectivity index (χ0n) is 13.9. The molecule has 0 saturated carbocycles. The zero-order chi connectivity index (χ0) is 17.5. The minimum Gasteiger partial charge on any atom is -0.491 e. The van der Waals surface area contributed by atoms with Crippen LogP contribution in [0.4, 0.5) is 0 Å². The topological polar surface area (TPSA) is 61.8 Å². The van der Waals surface area contributed by atoms with Crippen LogP contribution >= 0.6 is 0 Å². The second-order valence-electron chi connectivity index (χ2n) is 5.30. The first-order valence-corrected chi connectivity index (χ1v) is 7.76. The van der Waals surface area contributed by atoms with Crippen molar-refractivity contribution in [1.29, 1.82) is 0 Å². The summed E-state index contributed by atoms with van der Waals surface area (Å²) < 4.78 is 15.8. The molecule has 0 N–H and O–H groups in total. The molecule has 2 rings (SSSR count). The average molecular weight is 328 g/mol. The Balaban J connectivity index is 2.14. The number of esters is 2. The van der Waals surface area contributed by atoms with Crippen molar-refractivity contribution in [1.82, 2.24) is 0 Å². The highest BCUT2D eigenvalue weighted by molar-refractivity contribution is 5.96. The summed E-state index contributed by atoms with van der Waals surface area (Å²) in [6, 6.07) is 13.1. The number of carbonyl (C=O) groups excluding carboxylic acids is 2. The lowest BCUT2D eigenvalue weighted by Gasteiger charge is -2.11. The molecule has 0 bridgehead atoms. The van der Waals surface area contributed by atoms with E-state index in [0.29, 0.717) is 11.3 Å². The Morgan fingerprint density at radius 1 is 0.958 bits per heavy atom. The van der Waals surface area contributed by atoms with Crippen molar-refractivity contribution in [3.63, 3.8) is 0 Å². The van der Waals surface area contributed by atoms with Crippen LogP contribution in [-0.4, -0.2) is 24.6 Å². The highest BCUT2D eigenvalue weighted by Gasteiger charge is 2.17. The Morgan fingerprint density at radius 3 is 2.25 bits per heavy atom. The van der Waals surface area contributed by atoms with Gasteiger partial charge in [-0.05, 0) is 57.2 Å². The molecule has 2 aromatic rings. The summed E-state index contributed by atoms with van der Waals surface area (Å²) in [5.41, 5.74) is 0.581. The van der Waals surface area contributed by atoms with Crippen LogP contribution in [0.2, 0.25) is 0 Å². The third kappa shape index (κ3) is 4.59. The number of rotatable bonds is 6. The fourth-order valence-electron chi connectivity index (χ4n) is 2.03. The molecule has 0 atom stereocenters. The molecule has 0 aromatic heterocycles. The Labute approximate surface area is 141 Å². The van der Waals surface area contributed by atoms with E-state index in [4.69, 9.17) is 14.2 Å². The maximum Gasteiger partial charge on any atom is 0.343 e. The monoisotopic (exact) mass is 328 g/mol. The van der Waals surface area contributed by atoms with E-state index in [2.05, 4.69) is 0 Å². The van der Waals surface area contributed by atoms with E-state index < -0.39 is 11.9 Å². The van der Waals surface area contributed by atoms with Crippen molar-refractivity contribution in [2.24, 2.45) is 0 Å². The Bertz CT molecular complexity index is 704. The highest BCUT2D eigenvalue weighted by atomic mass is 16.5. The predicted octanol–water partition coefficient (Wildman–Crippen LogP) is 3.87. The zero-order valence-corrected chi connectivity index (χ0v) is 13.9. The lowest BCUT2D eigenvalue weighted by Crippen LogP contribution is -2.13. The van der Waals surface area contributed by atoms with Crippen molar-refractivity contribution in [3.05, 3.63) is 59.7 Å². The van der Waals surface area contributed by atoms with Gasteiger partial charge in [0.1, 0.15) is 17.1 Å². The van der Waals surface area contributed by atoms with E-state index in [1.165, 1.54) is 0 Å². The highest BCUT2D eigenvalue weighted by Crippen LogP contribution is 2.21. The molecule has 2 aromatic carbocycles. The summed E-state index contributed by atoms with van der Waals surface area (Å²) in [7, 11) is 0. The molecule has 126 valence electrons. The molecule has 0 aliphatic carbocycles. The van der Waals surface area contributed by atoms with E-state index in [9.17, 15) is 9.59 Å². The summed E-state index contributed by atoms with van der Waals surface area (Å²) in [6.07, 6.45) is 0.0549. The number of carbonyl (C=O) groups is 2. The second kappa shape index (κ2) is 8.15. The van der Waals surface area contributed by atoms with Crippen LogP contribution < -0.4 is 9.47 Å². The summed E-state index contributed by atoms with van der Waals surface area (Å²) in [6.45, 7) is 5.81. The Kier molecular flexibility index (Phi) is 5.95. The van der Waals surface area contributed by atoms with Crippen LogP contribution in [0.5, 0.6) is 11.5 Å². The summed E-state index contributed by atoms with van der Waals surface area (Å²) in [5.74, 6) is -0.235. The lowest BCUT2D eigenvalue weighted by atomic mass is 10.2. The normalized spacial score (nSPS) is 10.3. The van der Waals surface area contributed by atoms with Crippen LogP contribution in [0, 0.1) is 0 Å². The van der Waals surface area contributed by atoms with Crippen LogP contribution in [0.3, 0.4) is 0 Å². The van der Waals surface area contributed by atoms with Crippen molar-refractivity contribution in [2.75, 3.05) is 6.61 Å². The summed E-state index contributed by atoms with van der Waals surface area (Å²) >= 11 is 0. The van der Waals surface area contributed by atoms with Gasteiger partial charge in [-0.15, -0.1) is 0 Å². The second-order valence-corrected chi connectivity index (χ2v) is 5.30. The van der Waals surface area contributed by atoms with E-state index in [-0.39, 0.29) is 24.0 Å². The van der Waals surface area contributed by atoms with E-state index in [1.807, 2.05) is 13.8 Å². The molecule has 0 spiro atoms. The maximum absolute atomic E-state index is 12.3. The SMILES string of the molecule is CCOC(=O)c1ccccc1OC(=O)c1ccc(OC(C)C)cc1. The smallest absolute Gasteiger partial charge is 0.343 e. The molecule has 0 fully saturated rings. The van der Waals surface area contributed by atoms with Crippen molar-refractivity contribution >= 4 is 11.9 Å². The fourth-order valence-corrected chi connectivity index (χ4v) is 2.03. The molecule has 0 amide bonds. The maximum atomic E-state index is 12.3. The van der Waals surface area contributed by atoms with Gasteiger partial charge < -0.3 is 14.2 Å². The first-order valence-electron chi connectivity index (χ1n) is 7.76. The molecular weight excluding hydrogens is 308 g/mol. The van der Waals surface area contributed by atoms with Crippen LogP contribution in [-0.2, 0) is 4.74 Å². The van der Waals surface area contributed by atoms with Crippen molar-refractivity contribution in [2.45, 2.75) is 26.9 Å². The molecular formula is C19H20O5. The predicted molar refractivity (Wildman–Crippen MR) is 89.6 cm³/mol. The summed E-state index contributed by atoms with van der Waals surface area (Å²) in [5, 5.41) is 0. The first kappa shape index (κ1) is 17.5. The third-order valence-corrected chi connectivity index (χ3v) is 3.05. The van der Waals surface area contributed by atoms with Gasteiger partial charge in [-0.25, -0.2) is 9.59 Å². The largest absolute Gasteiger partial charge is 0.491 e. The lowest BCUT2D eigenvalue weighted by molar-refractivity contribution is 0.0520. The average Bonchev–Trinajstić information content (AvgIpc) is 2.55. The molecule has 0 aliphatic heterocycles. The van der Waals surface area contributed by atoms with Crippen molar-refractivity contribution in [3.8, 4) is 11.5 Å². The number of benzene rings is 2. The van der Waals surface area contributed by atoms with Gasteiger partial charge >= 0.3 is 11.9 Å². The minimum atomic E-state index is -0.553. The number of hydrogen-bond acceptors (Lipinski definition) is 5. The van der Waals surface area contributed by atoms with E-state index in [1.54, 1.807) is 55.5 Å². The van der Waals surface area contributed by atoms with Crippen LogP contribution in [0.25, 0.3) is 0 Å². The Hall–Kier alpha value is -2.82. The molecule has 24 heavy (non-hydrogen) atoms. The quantitative estimate of drug-likeness (QED) is 0.595. The van der Waals surface area contributed by atoms with Gasteiger partial charge in [0, 0.05) is 0 Å². The van der Waals surface area contributed by atoms with Crippen LogP contribution in [0.15, 0.2) is 48.5 Å². The molecule has 0 unspecified atom stereocenters. The minimum absolute atomic E-state index is 0.0549. The van der Waals surface area contributed by atoms with Gasteiger partial charge in [0.05, 0.1) is 18.3 Å². The van der Waals surface area contributed by atoms with Gasteiger partial charge in [-0.1, -0.05) is 12.1 Å². The van der Waals surface area contributed by atoms with E-state index in [0.717, 1.165) is 0 Å². The van der Waals surface area contributed by atoms with E-state index >= 15 is 0 Å². The van der Waals surface area contributed by atoms with Crippen molar-refractivity contribution < 1.29 is 23.8 Å². The van der Waals surface area contributed by atoms with Gasteiger partial charge in [-0.3, -0.25) is 0 Å². The van der Waals surface area contributed by atoms with Gasteiger partial charge in [0.25, 0.3) is 0 Å². The number of hydrogen-bond donors (Lipinski definition) is 0. The molecule has 0 heterocycles. The fraction of sp³-hybridized carbons (Fsp3) is 0.263. The molecule has 0 aliphatic rings. The first-order chi connectivity index (χ1) is 11.5. The standard InChI is InChI=1S/C19H20O5/c1-4-22-19(21)16-7-5-6-8-17(16)24-18(20)14-9-11-15(12-10-14)23-13(2)3/h5-13H,4H2,1-3H3. The Morgan fingerprint density at radius 2 is 1.62 bits per heavy atom. The molecule has 0 saturated heterocycles. The number of ether oxygens (including phenoxy) is 3. The summed E-state index contributed by atoms with van der Waals surface area (Å²) in [4.78, 5) is 24.2. The molecule has 5 nitrogen and oxygen atoms in total.